The molecule has 0 bridgehead atoms. The van der Waals surface area contributed by atoms with Gasteiger partial charge in [0.2, 0.25) is 0 Å². The van der Waals surface area contributed by atoms with Crippen molar-refractivity contribution in [1.82, 2.24) is 0 Å². The summed E-state index contributed by atoms with van der Waals surface area (Å²) in [5, 5.41) is 1.34. The Labute approximate surface area is 107 Å². The minimum absolute atomic E-state index is 0.0772. The first-order chi connectivity index (χ1) is 7.65. The topological polar surface area (TPSA) is 35.2 Å². The van der Waals surface area contributed by atoms with Gasteiger partial charge in [-0.05, 0) is 43.5 Å². The van der Waals surface area contributed by atoms with E-state index in [2.05, 4.69) is 0 Å². The first kappa shape index (κ1) is 13.8. The van der Waals surface area contributed by atoms with E-state index in [0.29, 0.717) is 10.0 Å². The highest BCUT2D eigenvalue weighted by atomic mass is 35.5. The van der Waals surface area contributed by atoms with Gasteiger partial charge >= 0.3 is 0 Å². The van der Waals surface area contributed by atoms with Crippen molar-refractivity contribution >= 4 is 23.2 Å². The second-order valence-corrected chi connectivity index (χ2v) is 4.46. The molecule has 1 aromatic rings. The van der Waals surface area contributed by atoms with Crippen molar-refractivity contribution in [3.8, 4) is 0 Å². The van der Waals surface area contributed by atoms with Crippen LogP contribution < -0.4 is 5.73 Å². The Balaban J connectivity index is 2.51. The Morgan fingerprint density at radius 1 is 1.38 bits per heavy atom. The summed E-state index contributed by atoms with van der Waals surface area (Å²) in [4.78, 5) is 0. The number of halogens is 2. The predicted octanol–water partition coefficient (Wildman–Crippen LogP) is 3.81. The van der Waals surface area contributed by atoms with Crippen molar-refractivity contribution in [2.45, 2.75) is 25.8 Å². The zero-order valence-corrected chi connectivity index (χ0v) is 10.9. The molecule has 0 radical (unpaired) electrons. The molecular formula is C12H17Cl2NO. The molecule has 1 atom stereocenters. The Kier molecular flexibility index (Phi) is 6.14. The van der Waals surface area contributed by atoms with Gasteiger partial charge in [0.15, 0.2) is 0 Å². The van der Waals surface area contributed by atoms with E-state index < -0.39 is 0 Å². The van der Waals surface area contributed by atoms with Gasteiger partial charge in [-0.15, -0.1) is 0 Å². The molecular weight excluding hydrogens is 245 g/mol. The maximum atomic E-state index is 6.06. The van der Waals surface area contributed by atoms with Gasteiger partial charge < -0.3 is 10.5 Å². The highest BCUT2D eigenvalue weighted by Crippen LogP contribution is 2.27. The monoisotopic (exact) mass is 261 g/mol. The molecule has 0 aliphatic carbocycles. The second kappa shape index (κ2) is 7.13. The third kappa shape index (κ3) is 4.30. The van der Waals surface area contributed by atoms with Gasteiger partial charge in [0.25, 0.3) is 0 Å². The average Bonchev–Trinajstić information content (AvgIpc) is 2.27. The molecule has 1 aromatic carbocycles. The van der Waals surface area contributed by atoms with Crippen molar-refractivity contribution in [1.29, 1.82) is 0 Å². The summed E-state index contributed by atoms with van der Waals surface area (Å²) in [7, 11) is 0. The maximum Gasteiger partial charge on any atom is 0.0466 e. The molecule has 2 N–H and O–H groups in total. The molecule has 1 unspecified atom stereocenters. The summed E-state index contributed by atoms with van der Waals surface area (Å²) < 4.78 is 5.26. The fourth-order valence-electron chi connectivity index (χ4n) is 1.50. The van der Waals surface area contributed by atoms with Crippen molar-refractivity contribution in [2.24, 2.45) is 5.73 Å². The van der Waals surface area contributed by atoms with Gasteiger partial charge in [-0.3, -0.25) is 0 Å². The molecule has 2 nitrogen and oxygen atoms in total. The normalized spacial score (nSPS) is 12.8. The molecule has 0 spiro atoms. The fourth-order valence-corrected chi connectivity index (χ4v) is 1.94. The van der Waals surface area contributed by atoms with Crippen LogP contribution >= 0.6 is 23.2 Å². The van der Waals surface area contributed by atoms with Crippen LogP contribution in [0.4, 0.5) is 0 Å². The lowest BCUT2D eigenvalue weighted by molar-refractivity contribution is 0.142. The van der Waals surface area contributed by atoms with Crippen LogP contribution in [0.3, 0.4) is 0 Å². The number of hydrogen-bond donors (Lipinski definition) is 1. The number of ether oxygens (including phenoxy) is 1. The van der Waals surface area contributed by atoms with Crippen molar-refractivity contribution in [3.05, 3.63) is 33.8 Å². The second-order valence-electron chi connectivity index (χ2n) is 3.61. The third-order valence-electron chi connectivity index (χ3n) is 2.37. The largest absolute Gasteiger partial charge is 0.382 e. The minimum Gasteiger partial charge on any atom is -0.382 e. The molecule has 4 heteroatoms. The van der Waals surface area contributed by atoms with Gasteiger partial charge in [-0.1, -0.05) is 23.2 Å². The van der Waals surface area contributed by atoms with E-state index in [4.69, 9.17) is 33.7 Å². The van der Waals surface area contributed by atoms with Crippen LogP contribution in [0.1, 0.15) is 31.4 Å². The molecule has 90 valence electrons. The zero-order chi connectivity index (χ0) is 12.0. The van der Waals surface area contributed by atoms with E-state index in [1.165, 1.54) is 0 Å². The van der Waals surface area contributed by atoms with Crippen molar-refractivity contribution < 1.29 is 4.74 Å². The minimum atomic E-state index is -0.0772. The average molecular weight is 262 g/mol. The van der Waals surface area contributed by atoms with E-state index in [9.17, 15) is 0 Å². The van der Waals surface area contributed by atoms with Gasteiger partial charge in [-0.2, -0.15) is 0 Å². The molecule has 1 rings (SSSR count). The van der Waals surface area contributed by atoms with Crippen LogP contribution in [-0.2, 0) is 4.74 Å². The van der Waals surface area contributed by atoms with E-state index in [-0.39, 0.29) is 6.04 Å². The summed E-state index contributed by atoms with van der Waals surface area (Å²) in [6.45, 7) is 3.46. The van der Waals surface area contributed by atoms with Crippen LogP contribution in [-0.4, -0.2) is 13.2 Å². The van der Waals surface area contributed by atoms with E-state index >= 15 is 0 Å². The van der Waals surface area contributed by atoms with Crippen molar-refractivity contribution in [3.63, 3.8) is 0 Å². The SMILES string of the molecule is CCOCCCC(N)c1cc(Cl)ccc1Cl. The van der Waals surface area contributed by atoms with Gasteiger partial charge in [0, 0.05) is 29.3 Å². The molecule has 0 saturated carbocycles. The maximum absolute atomic E-state index is 6.06. The zero-order valence-electron chi connectivity index (χ0n) is 9.38. The molecule has 0 saturated heterocycles. The number of benzene rings is 1. The smallest absolute Gasteiger partial charge is 0.0466 e. The molecule has 16 heavy (non-hydrogen) atoms. The fraction of sp³-hybridized carbons (Fsp3) is 0.500. The first-order valence-electron chi connectivity index (χ1n) is 5.43. The van der Waals surface area contributed by atoms with E-state index in [1.807, 2.05) is 13.0 Å². The van der Waals surface area contributed by atoms with E-state index in [0.717, 1.165) is 31.6 Å². The summed E-state index contributed by atoms with van der Waals surface area (Å²) in [5.74, 6) is 0. The summed E-state index contributed by atoms with van der Waals surface area (Å²) in [6.07, 6.45) is 1.78. The molecule has 0 aliphatic rings. The molecule has 0 fully saturated rings. The summed E-state index contributed by atoms with van der Waals surface area (Å²) in [5.41, 5.74) is 6.96. The Bertz CT molecular complexity index is 331. The lowest BCUT2D eigenvalue weighted by atomic mass is 10.0. The van der Waals surface area contributed by atoms with Crippen molar-refractivity contribution in [2.75, 3.05) is 13.2 Å². The number of hydrogen-bond acceptors (Lipinski definition) is 2. The van der Waals surface area contributed by atoms with Gasteiger partial charge in [-0.25, -0.2) is 0 Å². The number of nitrogens with two attached hydrogens (primary N) is 1. The third-order valence-corrected chi connectivity index (χ3v) is 2.94. The van der Waals surface area contributed by atoms with Gasteiger partial charge in [0.1, 0.15) is 0 Å². The Hall–Kier alpha value is -0.280. The lowest BCUT2D eigenvalue weighted by Crippen LogP contribution is -2.12. The van der Waals surface area contributed by atoms with Crippen LogP contribution in [0.5, 0.6) is 0 Å². The molecule has 0 heterocycles. The molecule has 0 aliphatic heterocycles. The lowest BCUT2D eigenvalue weighted by Gasteiger charge is -2.13. The van der Waals surface area contributed by atoms with Gasteiger partial charge in [0.05, 0.1) is 0 Å². The molecule has 0 amide bonds. The van der Waals surface area contributed by atoms with Crippen LogP contribution in [0.2, 0.25) is 10.0 Å². The standard InChI is InChI=1S/C12H17Cl2NO/c1-2-16-7-3-4-12(15)10-8-9(13)5-6-11(10)14/h5-6,8,12H,2-4,7,15H2,1H3. The van der Waals surface area contributed by atoms with Crippen LogP contribution in [0, 0.1) is 0 Å². The quantitative estimate of drug-likeness (QED) is 0.791. The Morgan fingerprint density at radius 3 is 2.81 bits per heavy atom. The summed E-state index contributed by atoms with van der Waals surface area (Å²) in [6, 6.07) is 5.30. The van der Waals surface area contributed by atoms with E-state index in [1.54, 1.807) is 12.1 Å². The van der Waals surface area contributed by atoms with Crippen LogP contribution in [0.25, 0.3) is 0 Å². The predicted molar refractivity (Wildman–Crippen MR) is 69.1 cm³/mol. The molecule has 0 aromatic heterocycles. The summed E-state index contributed by atoms with van der Waals surface area (Å²) >= 11 is 12.0. The Morgan fingerprint density at radius 2 is 2.12 bits per heavy atom. The highest BCUT2D eigenvalue weighted by Gasteiger charge is 2.10. The van der Waals surface area contributed by atoms with Crippen LogP contribution in [0.15, 0.2) is 18.2 Å². The first-order valence-corrected chi connectivity index (χ1v) is 6.19. The number of rotatable bonds is 6. The highest BCUT2D eigenvalue weighted by molar-refractivity contribution is 6.33.